The quantitative estimate of drug-likeness (QED) is 0.833. The third-order valence-corrected chi connectivity index (χ3v) is 3.49. The molecule has 0 radical (unpaired) electrons. The molecule has 0 amide bonds. The van der Waals surface area contributed by atoms with Gasteiger partial charge in [-0.05, 0) is 32.3 Å². The summed E-state index contributed by atoms with van der Waals surface area (Å²) in [6, 6.07) is 5.13. The van der Waals surface area contributed by atoms with Crippen molar-refractivity contribution in [3.63, 3.8) is 0 Å². The van der Waals surface area contributed by atoms with E-state index in [1.807, 2.05) is 0 Å². The molecule has 3 heteroatoms. The molecule has 1 nitrogen and oxygen atoms in total. The van der Waals surface area contributed by atoms with E-state index in [9.17, 15) is 4.39 Å². The summed E-state index contributed by atoms with van der Waals surface area (Å²) in [7, 11) is 0. The molecule has 1 saturated carbocycles. The molecule has 0 atom stereocenters. The molecule has 2 rings (SSSR count). The van der Waals surface area contributed by atoms with E-state index >= 15 is 0 Å². The third kappa shape index (κ3) is 2.32. The van der Waals surface area contributed by atoms with Crippen molar-refractivity contribution in [2.75, 3.05) is 0 Å². The van der Waals surface area contributed by atoms with Gasteiger partial charge in [0.25, 0.3) is 0 Å². The Morgan fingerprint density at radius 2 is 2.20 bits per heavy atom. The standard InChI is InChI=1S/C12H15ClFN/c1-12(6-3-7-12)15-8-9-4-2-5-10(13)11(9)14/h2,4-5,15H,3,6-8H2,1H3. The number of rotatable bonds is 3. The van der Waals surface area contributed by atoms with Crippen LogP contribution in [0.15, 0.2) is 18.2 Å². The van der Waals surface area contributed by atoms with Crippen LogP contribution in [0.2, 0.25) is 5.02 Å². The highest BCUT2D eigenvalue weighted by atomic mass is 35.5. The molecular formula is C12H15ClFN. The largest absolute Gasteiger partial charge is 0.307 e. The van der Waals surface area contributed by atoms with Crippen LogP contribution in [0, 0.1) is 5.82 Å². The molecule has 1 aromatic carbocycles. The van der Waals surface area contributed by atoms with E-state index < -0.39 is 0 Å². The van der Waals surface area contributed by atoms with Gasteiger partial charge in [-0.3, -0.25) is 0 Å². The number of hydrogen-bond acceptors (Lipinski definition) is 1. The maximum Gasteiger partial charge on any atom is 0.146 e. The Labute approximate surface area is 94.6 Å². The normalized spacial score (nSPS) is 18.6. The van der Waals surface area contributed by atoms with Gasteiger partial charge in [-0.15, -0.1) is 0 Å². The van der Waals surface area contributed by atoms with Crippen LogP contribution in [-0.4, -0.2) is 5.54 Å². The minimum atomic E-state index is -0.297. The summed E-state index contributed by atoms with van der Waals surface area (Å²) in [5, 5.41) is 3.58. The van der Waals surface area contributed by atoms with E-state index in [1.54, 1.807) is 18.2 Å². The van der Waals surface area contributed by atoms with Gasteiger partial charge in [-0.2, -0.15) is 0 Å². The molecule has 1 fully saturated rings. The zero-order valence-electron chi connectivity index (χ0n) is 8.82. The summed E-state index contributed by atoms with van der Waals surface area (Å²) < 4.78 is 13.5. The molecule has 82 valence electrons. The minimum Gasteiger partial charge on any atom is -0.307 e. The van der Waals surface area contributed by atoms with Crippen LogP contribution in [0.4, 0.5) is 4.39 Å². The van der Waals surface area contributed by atoms with Crippen LogP contribution >= 0.6 is 11.6 Å². The fraction of sp³-hybridized carbons (Fsp3) is 0.500. The maximum absolute atomic E-state index is 13.5. The minimum absolute atomic E-state index is 0.202. The second kappa shape index (κ2) is 4.11. The van der Waals surface area contributed by atoms with Crippen molar-refractivity contribution < 1.29 is 4.39 Å². The van der Waals surface area contributed by atoms with Gasteiger partial charge in [0.1, 0.15) is 5.82 Å². The molecule has 15 heavy (non-hydrogen) atoms. The number of halogens is 2. The fourth-order valence-corrected chi connectivity index (χ4v) is 2.07. The molecule has 1 aliphatic carbocycles. The molecule has 0 aliphatic heterocycles. The monoisotopic (exact) mass is 227 g/mol. The molecule has 1 aromatic rings. The first kappa shape index (κ1) is 10.9. The van der Waals surface area contributed by atoms with Crippen molar-refractivity contribution in [3.05, 3.63) is 34.6 Å². The first-order valence-electron chi connectivity index (χ1n) is 5.29. The van der Waals surface area contributed by atoms with Gasteiger partial charge in [0.15, 0.2) is 0 Å². The molecular weight excluding hydrogens is 213 g/mol. The van der Waals surface area contributed by atoms with Crippen LogP contribution in [0.5, 0.6) is 0 Å². The second-order valence-corrected chi connectivity index (χ2v) is 4.89. The average molecular weight is 228 g/mol. The highest BCUT2D eigenvalue weighted by Gasteiger charge is 2.30. The predicted molar refractivity (Wildman–Crippen MR) is 60.5 cm³/mol. The molecule has 0 unspecified atom stereocenters. The van der Waals surface area contributed by atoms with Crippen LogP contribution in [-0.2, 0) is 6.54 Å². The van der Waals surface area contributed by atoms with Crippen LogP contribution in [0.25, 0.3) is 0 Å². The first-order valence-corrected chi connectivity index (χ1v) is 5.66. The maximum atomic E-state index is 13.5. The van der Waals surface area contributed by atoms with Crippen molar-refractivity contribution in [1.29, 1.82) is 0 Å². The summed E-state index contributed by atoms with van der Waals surface area (Å²) in [6.07, 6.45) is 3.62. The van der Waals surface area contributed by atoms with Gasteiger partial charge in [-0.25, -0.2) is 4.39 Å². The molecule has 1 aliphatic rings. The van der Waals surface area contributed by atoms with Crippen molar-refractivity contribution >= 4 is 11.6 Å². The van der Waals surface area contributed by atoms with E-state index in [0.29, 0.717) is 12.1 Å². The molecule has 1 N–H and O–H groups in total. The summed E-state index contributed by atoms with van der Waals surface area (Å²) in [5.41, 5.74) is 0.852. The van der Waals surface area contributed by atoms with Gasteiger partial charge in [-0.1, -0.05) is 23.7 Å². The number of benzene rings is 1. The fourth-order valence-electron chi connectivity index (χ4n) is 1.88. The lowest BCUT2D eigenvalue weighted by atomic mass is 9.78. The second-order valence-electron chi connectivity index (χ2n) is 4.48. The van der Waals surface area contributed by atoms with E-state index in [4.69, 9.17) is 11.6 Å². The van der Waals surface area contributed by atoms with Gasteiger partial charge >= 0.3 is 0 Å². The van der Waals surface area contributed by atoms with Gasteiger partial charge in [0, 0.05) is 17.6 Å². The lowest BCUT2D eigenvalue weighted by Crippen LogP contribution is -2.47. The summed E-state index contributed by atoms with van der Waals surface area (Å²) >= 11 is 5.71. The molecule has 0 saturated heterocycles. The van der Waals surface area contributed by atoms with E-state index in [-0.39, 0.29) is 16.4 Å². The number of hydrogen-bond donors (Lipinski definition) is 1. The zero-order chi connectivity index (χ0) is 10.9. The van der Waals surface area contributed by atoms with E-state index in [1.165, 1.54) is 19.3 Å². The van der Waals surface area contributed by atoms with E-state index in [0.717, 1.165) is 0 Å². The van der Waals surface area contributed by atoms with Crippen LogP contribution in [0.1, 0.15) is 31.7 Å². The Morgan fingerprint density at radius 3 is 2.80 bits per heavy atom. The summed E-state index contributed by atoms with van der Waals surface area (Å²) in [6.45, 7) is 2.74. The Bertz CT molecular complexity index is 361. The zero-order valence-corrected chi connectivity index (χ0v) is 9.57. The van der Waals surface area contributed by atoms with Gasteiger partial charge in [0.2, 0.25) is 0 Å². The van der Waals surface area contributed by atoms with Crippen LogP contribution in [0.3, 0.4) is 0 Å². The average Bonchev–Trinajstić information content (AvgIpc) is 2.17. The third-order valence-electron chi connectivity index (χ3n) is 3.19. The Balaban J connectivity index is 2.01. The Morgan fingerprint density at radius 1 is 1.47 bits per heavy atom. The van der Waals surface area contributed by atoms with Crippen molar-refractivity contribution in [1.82, 2.24) is 5.32 Å². The molecule has 0 aromatic heterocycles. The number of nitrogens with one attached hydrogen (secondary N) is 1. The smallest absolute Gasteiger partial charge is 0.146 e. The SMILES string of the molecule is CC1(NCc2cccc(Cl)c2F)CCC1. The highest BCUT2D eigenvalue weighted by Crippen LogP contribution is 2.31. The molecule has 0 heterocycles. The van der Waals surface area contributed by atoms with Crippen molar-refractivity contribution in [2.24, 2.45) is 0 Å². The lowest BCUT2D eigenvalue weighted by molar-refractivity contribution is 0.206. The first-order chi connectivity index (χ1) is 7.11. The summed E-state index contributed by atoms with van der Waals surface area (Å²) in [5.74, 6) is -0.297. The Kier molecular flexibility index (Phi) is 2.98. The van der Waals surface area contributed by atoms with Crippen molar-refractivity contribution in [2.45, 2.75) is 38.3 Å². The predicted octanol–water partition coefficient (Wildman–Crippen LogP) is 3.51. The van der Waals surface area contributed by atoms with E-state index in [2.05, 4.69) is 12.2 Å². The topological polar surface area (TPSA) is 12.0 Å². The van der Waals surface area contributed by atoms with Crippen LogP contribution < -0.4 is 5.32 Å². The molecule has 0 bridgehead atoms. The van der Waals surface area contributed by atoms with Crippen molar-refractivity contribution in [3.8, 4) is 0 Å². The van der Waals surface area contributed by atoms with Gasteiger partial charge < -0.3 is 5.32 Å². The summed E-state index contributed by atoms with van der Waals surface area (Å²) in [4.78, 5) is 0. The molecule has 0 spiro atoms. The lowest BCUT2D eigenvalue weighted by Gasteiger charge is -2.39. The van der Waals surface area contributed by atoms with Gasteiger partial charge in [0.05, 0.1) is 5.02 Å². The highest BCUT2D eigenvalue weighted by molar-refractivity contribution is 6.30. The Hall–Kier alpha value is -0.600.